The summed E-state index contributed by atoms with van der Waals surface area (Å²) in [6.07, 6.45) is 3.87. The number of benzene rings is 1. The summed E-state index contributed by atoms with van der Waals surface area (Å²) in [6.45, 7) is 0.704. The van der Waals surface area contributed by atoms with Crippen LogP contribution in [0.25, 0.3) is 10.9 Å². The summed E-state index contributed by atoms with van der Waals surface area (Å²) >= 11 is 0. The van der Waals surface area contributed by atoms with E-state index >= 15 is 0 Å². The molecule has 86 valence electrons. The van der Waals surface area contributed by atoms with Gasteiger partial charge in [-0.05, 0) is 30.3 Å². The van der Waals surface area contributed by atoms with Gasteiger partial charge in [0.2, 0.25) is 0 Å². The van der Waals surface area contributed by atoms with E-state index in [4.69, 9.17) is 0 Å². The molecule has 0 spiro atoms. The molecule has 0 radical (unpaired) electrons. The fraction of sp³-hybridized carbons (Fsp3) is 0.154. The molecule has 0 saturated heterocycles. The average Bonchev–Trinajstić information content (AvgIpc) is 2.86. The predicted molar refractivity (Wildman–Crippen MR) is 64.2 cm³/mol. The Balaban J connectivity index is 2.00. The highest BCUT2D eigenvalue weighted by Gasteiger charge is 2.04. The van der Waals surface area contributed by atoms with Gasteiger partial charge in [0.05, 0.1) is 12.2 Å². The molecule has 0 atom stereocenters. The van der Waals surface area contributed by atoms with Crippen molar-refractivity contribution in [2.45, 2.75) is 6.54 Å². The molecule has 2 heterocycles. The first kappa shape index (κ1) is 10.1. The molecule has 3 rings (SSSR count). The zero-order chi connectivity index (χ0) is 11.8. The molecule has 3 nitrogen and oxygen atoms in total. The predicted octanol–water partition coefficient (Wildman–Crippen LogP) is 2.56. The Morgan fingerprint density at radius 2 is 2.06 bits per heavy atom. The number of halogens is 1. The number of hydrogen-bond donors (Lipinski definition) is 0. The molecule has 4 heteroatoms. The van der Waals surface area contributed by atoms with Crippen molar-refractivity contribution in [3.8, 4) is 0 Å². The van der Waals surface area contributed by atoms with Crippen LogP contribution in [0.1, 0.15) is 5.69 Å². The van der Waals surface area contributed by atoms with Gasteiger partial charge in [0, 0.05) is 30.3 Å². The molecule has 0 bridgehead atoms. The highest BCUT2D eigenvalue weighted by Crippen LogP contribution is 2.17. The number of hydrogen-bond acceptors (Lipinski definition) is 1. The van der Waals surface area contributed by atoms with Crippen LogP contribution in [0.3, 0.4) is 0 Å². The van der Waals surface area contributed by atoms with E-state index in [1.807, 2.05) is 31.6 Å². The van der Waals surface area contributed by atoms with E-state index < -0.39 is 0 Å². The lowest BCUT2D eigenvalue weighted by Crippen LogP contribution is -1.99. The number of rotatable bonds is 2. The Morgan fingerprint density at radius 3 is 2.82 bits per heavy atom. The van der Waals surface area contributed by atoms with Gasteiger partial charge in [-0.3, -0.25) is 4.68 Å². The van der Waals surface area contributed by atoms with Gasteiger partial charge in [0.1, 0.15) is 5.82 Å². The molecular weight excluding hydrogens is 217 g/mol. The first-order valence-corrected chi connectivity index (χ1v) is 5.45. The molecule has 0 fully saturated rings. The minimum atomic E-state index is -0.201. The number of aryl methyl sites for hydroxylation is 1. The maximum absolute atomic E-state index is 13.1. The molecule has 0 N–H and O–H groups in total. The summed E-state index contributed by atoms with van der Waals surface area (Å²) in [7, 11) is 1.90. The van der Waals surface area contributed by atoms with Crippen LogP contribution in [0, 0.1) is 5.82 Å². The smallest absolute Gasteiger partial charge is 0.123 e. The number of fused-ring (bicyclic) bond motifs is 1. The van der Waals surface area contributed by atoms with E-state index in [1.165, 1.54) is 6.07 Å². The monoisotopic (exact) mass is 229 g/mol. The molecule has 0 aliphatic rings. The van der Waals surface area contributed by atoms with Gasteiger partial charge in [0.15, 0.2) is 0 Å². The summed E-state index contributed by atoms with van der Waals surface area (Å²) in [5.74, 6) is -0.201. The molecule has 0 aliphatic heterocycles. The lowest BCUT2D eigenvalue weighted by atomic mass is 10.2. The lowest BCUT2D eigenvalue weighted by molar-refractivity contribution is 0.629. The van der Waals surface area contributed by atoms with Crippen molar-refractivity contribution >= 4 is 10.9 Å². The SMILES string of the molecule is Cn1ccc(Cn2ccc3cc(F)ccc32)n1. The summed E-state index contributed by atoms with van der Waals surface area (Å²) in [5, 5.41) is 5.25. The summed E-state index contributed by atoms with van der Waals surface area (Å²) in [4.78, 5) is 0. The third-order valence-electron chi connectivity index (χ3n) is 2.83. The number of nitrogens with zero attached hydrogens (tertiary/aromatic N) is 3. The molecular formula is C13H12FN3. The normalized spacial score (nSPS) is 11.2. The minimum Gasteiger partial charge on any atom is -0.341 e. The van der Waals surface area contributed by atoms with Gasteiger partial charge in [-0.15, -0.1) is 0 Å². The second-order valence-electron chi connectivity index (χ2n) is 4.13. The van der Waals surface area contributed by atoms with E-state index in [1.54, 1.807) is 16.8 Å². The highest BCUT2D eigenvalue weighted by molar-refractivity contribution is 5.80. The van der Waals surface area contributed by atoms with E-state index in [0.29, 0.717) is 6.54 Å². The van der Waals surface area contributed by atoms with Crippen molar-refractivity contribution < 1.29 is 4.39 Å². The van der Waals surface area contributed by atoms with Gasteiger partial charge in [-0.25, -0.2) is 4.39 Å². The van der Waals surface area contributed by atoms with Crippen molar-refractivity contribution in [3.63, 3.8) is 0 Å². The number of aromatic nitrogens is 3. The molecule has 17 heavy (non-hydrogen) atoms. The third kappa shape index (κ3) is 1.82. The topological polar surface area (TPSA) is 22.8 Å². The Hall–Kier alpha value is -2.10. The standard InChI is InChI=1S/C13H12FN3/c1-16-6-5-12(15-16)9-17-7-4-10-8-11(14)2-3-13(10)17/h2-8H,9H2,1H3. The van der Waals surface area contributed by atoms with Gasteiger partial charge in [0.25, 0.3) is 0 Å². The van der Waals surface area contributed by atoms with Crippen LogP contribution >= 0.6 is 0 Å². The molecule has 0 amide bonds. The van der Waals surface area contributed by atoms with Gasteiger partial charge in [-0.1, -0.05) is 0 Å². The van der Waals surface area contributed by atoms with Gasteiger partial charge < -0.3 is 4.57 Å². The van der Waals surface area contributed by atoms with Crippen molar-refractivity contribution in [3.05, 3.63) is 54.2 Å². The van der Waals surface area contributed by atoms with E-state index in [2.05, 4.69) is 9.67 Å². The van der Waals surface area contributed by atoms with Crippen molar-refractivity contribution in [2.24, 2.45) is 7.05 Å². The van der Waals surface area contributed by atoms with Crippen molar-refractivity contribution in [1.29, 1.82) is 0 Å². The molecule has 3 aromatic rings. The summed E-state index contributed by atoms with van der Waals surface area (Å²) in [6, 6.07) is 8.73. The Labute approximate surface area is 98.1 Å². The van der Waals surface area contributed by atoms with Crippen LogP contribution in [0.5, 0.6) is 0 Å². The van der Waals surface area contributed by atoms with Crippen LogP contribution < -0.4 is 0 Å². The molecule has 0 aliphatic carbocycles. The average molecular weight is 229 g/mol. The van der Waals surface area contributed by atoms with Crippen LogP contribution in [0.2, 0.25) is 0 Å². The van der Waals surface area contributed by atoms with E-state index in [0.717, 1.165) is 16.6 Å². The quantitative estimate of drug-likeness (QED) is 0.662. The first-order chi connectivity index (χ1) is 8.22. The zero-order valence-corrected chi connectivity index (χ0v) is 9.47. The molecule has 1 aromatic carbocycles. The van der Waals surface area contributed by atoms with E-state index in [-0.39, 0.29) is 5.82 Å². The lowest BCUT2D eigenvalue weighted by Gasteiger charge is -2.02. The Bertz CT molecular complexity index is 666. The van der Waals surface area contributed by atoms with E-state index in [9.17, 15) is 4.39 Å². The zero-order valence-electron chi connectivity index (χ0n) is 9.47. The summed E-state index contributed by atoms with van der Waals surface area (Å²) < 4.78 is 16.9. The molecule has 2 aromatic heterocycles. The van der Waals surface area contributed by atoms with Crippen LogP contribution in [0.4, 0.5) is 4.39 Å². The molecule has 0 unspecified atom stereocenters. The highest BCUT2D eigenvalue weighted by atomic mass is 19.1. The van der Waals surface area contributed by atoms with Gasteiger partial charge in [-0.2, -0.15) is 5.10 Å². The summed E-state index contributed by atoms with van der Waals surface area (Å²) in [5.41, 5.74) is 2.02. The molecule has 0 saturated carbocycles. The Morgan fingerprint density at radius 1 is 1.18 bits per heavy atom. The van der Waals surface area contributed by atoms with Crippen molar-refractivity contribution in [2.75, 3.05) is 0 Å². The fourth-order valence-corrected chi connectivity index (χ4v) is 2.03. The maximum Gasteiger partial charge on any atom is 0.123 e. The minimum absolute atomic E-state index is 0.201. The fourth-order valence-electron chi connectivity index (χ4n) is 2.03. The van der Waals surface area contributed by atoms with Gasteiger partial charge >= 0.3 is 0 Å². The third-order valence-corrected chi connectivity index (χ3v) is 2.83. The van der Waals surface area contributed by atoms with Crippen LogP contribution in [-0.4, -0.2) is 14.3 Å². The second kappa shape index (κ2) is 3.73. The maximum atomic E-state index is 13.1. The van der Waals surface area contributed by atoms with Crippen molar-refractivity contribution in [1.82, 2.24) is 14.3 Å². The van der Waals surface area contributed by atoms with Crippen LogP contribution in [-0.2, 0) is 13.6 Å². The van der Waals surface area contributed by atoms with Crippen LogP contribution in [0.15, 0.2) is 42.7 Å². The largest absolute Gasteiger partial charge is 0.341 e. The Kier molecular flexibility index (Phi) is 2.21. The second-order valence-corrected chi connectivity index (χ2v) is 4.13. The first-order valence-electron chi connectivity index (χ1n) is 5.45.